The number of hydrogen-bond acceptors (Lipinski definition) is 0. The molecule has 0 bridgehead atoms. The van der Waals surface area contributed by atoms with Crippen molar-refractivity contribution in [1.29, 1.82) is 0 Å². The first-order valence-electron chi connectivity index (χ1n) is 9.38. The SMILES string of the molecule is CC.CC.CC1(C)CCC(C2CCC(C)(C)CC2)CC1. The average molecular weight is 283 g/mol. The topological polar surface area (TPSA) is 0 Å². The molecule has 2 saturated carbocycles. The van der Waals surface area contributed by atoms with Gasteiger partial charge in [-0.25, -0.2) is 0 Å². The van der Waals surface area contributed by atoms with Crippen molar-refractivity contribution >= 4 is 0 Å². The summed E-state index contributed by atoms with van der Waals surface area (Å²) in [5, 5.41) is 0. The van der Waals surface area contributed by atoms with Crippen LogP contribution >= 0.6 is 0 Å². The molecule has 2 aliphatic carbocycles. The maximum Gasteiger partial charge on any atom is -0.0354 e. The van der Waals surface area contributed by atoms with Gasteiger partial charge in [-0.2, -0.15) is 0 Å². The van der Waals surface area contributed by atoms with E-state index >= 15 is 0 Å². The van der Waals surface area contributed by atoms with Crippen LogP contribution in [0.3, 0.4) is 0 Å². The van der Waals surface area contributed by atoms with Gasteiger partial charge in [0.2, 0.25) is 0 Å². The zero-order valence-electron chi connectivity index (χ0n) is 15.8. The molecule has 0 atom stereocenters. The zero-order chi connectivity index (χ0) is 15.8. The van der Waals surface area contributed by atoms with Crippen LogP contribution in [0.1, 0.15) is 107 Å². The summed E-state index contributed by atoms with van der Waals surface area (Å²) in [5.41, 5.74) is 1.29. The lowest BCUT2D eigenvalue weighted by Gasteiger charge is -2.42. The molecule has 0 radical (unpaired) electrons. The summed E-state index contributed by atoms with van der Waals surface area (Å²) < 4.78 is 0. The van der Waals surface area contributed by atoms with E-state index in [1.807, 2.05) is 27.7 Å². The molecule has 0 unspecified atom stereocenters. The molecule has 0 aromatic carbocycles. The average Bonchev–Trinajstić information content (AvgIpc) is 2.44. The molecule has 0 spiro atoms. The summed E-state index contributed by atoms with van der Waals surface area (Å²) in [4.78, 5) is 0. The molecule has 2 rings (SSSR count). The first-order chi connectivity index (χ1) is 9.38. The highest BCUT2D eigenvalue weighted by molar-refractivity contribution is 4.86. The van der Waals surface area contributed by atoms with E-state index in [4.69, 9.17) is 0 Å². The van der Waals surface area contributed by atoms with E-state index in [-0.39, 0.29) is 0 Å². The summed E-state index contributed by atoms with van der Waals surface area (Å²) in [6.45, 7) is 17.8. The lowest BCUT2D eigenvalue weighted by atomic mass is 9.63. The second-order valence-corrected chi connectivity index (χ2v) is 8.00. The van der Waals surface area contributed by atoms with E-state index in [0.717, 1.165) is 11.8 Å². The Bertz CT molecular complexity index is 190. The van der Waals surface area contributed by atoms with E-state index < -0.39 is 0 Å². The fourth-order valence-electron chi connectivity index (χ4n) is 3.79. The second kappa shape index (κ2) is 9.11. The Morgan fingerprint density at radius 2 is 0.700 bits per heavy atom. The van der Waals surface area contributed by atoms with Crippen molar-refractivity contribution in [3.63, 3.8) is 0 Å². The van der Waals surface area contributed by atoms with Crippen molar-refractivity contribution in [3.8, 4) is 0 Å². The third kappa shape index (κ3) is 6.64. The van der Waals surface area contributed by atoms with Gasteiger partial charge < -0.3 is 0 Å². The van der Waals surface area contributed by atoms with Crippen molar-refractivity contribution in [2.75, 3.05) is 0 Å². The molecule has 2 fully saturated rings. The van der Waals surface area contributed by atoms with E-state index in [9.17, 15) is 0 Å². The van der Waals surface area contributed by atoms with Gasteiger partial charge >= 0.3 is 0 Å². The maximum atomic E-state index is 2.45. The van der Waals surface area contributed by atoms with E-state index in [0.29, 0.717) is 10.8 Å². The molecule has 0 saturated heterocycles. The molecule has 0 nitrogen and oxygen atoms in total. The summed E-state index contributed by atoms with van der Waals surface area (Å²) in [5.74, 6) is 2.15. The van der Waals surface area contributed by atoms with Crippen LogP contribution in [-0.4, -0.2) is 0 Å². The normalized spacial score (nSPS) is 25.8. The van der Waals surface area contributed by atoms with Crippen molar-refractivity contribution in [3.05, 3.63) is 0 Å². The Labute approximate surface area is 130 Å². The van der Waals surface area contributed by atoms with Gasteiger partial charge in [-0.1, -0.05) is 55.4 Å². The van der Waals surface area contributed by atoms with Crippen molar-refractivity contribution in [1.82, 2.24) is 0 Å². The van der Waals surface area contributed by atoms with Crippen LogP contribution in [0.4, 0.5) is 0 Å². The Morgan fingerprint density at radius 1 is 0.500 bits per heavy atom. The molecule has 0 heteroatoms. The summed E-state index contributed by atoms with van der Waals surface area (Å²) in [6, 6.07) is 0. The van der Waals surface area contributed by atoms with Crippen molar-refractivity contribution in [2.45, 2.75) is 107 Å². The molecule has 0 aromatic rings. The summed E-state index contributed by atoms with van der Waals surface area (Å²) >= 11 is 0. The lowest BCUT2D eigenvalue weighted by molar-refractivity contribution is 0.0934. The molecule has 122 valence electrons. The fourth-order valence-corrected chi connectivity index (χ4v) is 3.79. The minimum atomic E-state index is 0.643. The smallest absolute Gasteiger partial charge is 0.0354 e. The van der Waals surface area contributed by atoms with Gasteiger partial charge in [-0.15, -0.1) is 0 Å². The monoisotopic (exact) mass is 282 g/mol. The summed E-state index contributed by atoms with van der Waals surface area (Å²) in [7, 11) is 0. The molecule has 0 aliphatic heterocycles. The van der Waals surface area contributed by atoms with E-state index in [2.05, 4.69) is 27.7 Å². The Balaban J connectivity index is 0.000000829. The van der Waals surface area contributed by atoms with Gasteiger partial charge in [0.05, 0.1) is 0 Å². The van der Waals surface area contributed by atoms with Crippen LogP contribution in [0.2, 0.25) is 0 Å². The van der Waals surface area contributed by atoms with Crippen molar-refractivity contribution < 1.29 is 0 Å². The highest BCUT2D eigenvalue weighted by Crippen LogP contribution is 2.47. The predicted molar refractivity (Wildman–Crippen MR) is 94.2 cm³/mol. The van der Waals surface area contributed by atoms with Crippen molar-refractivity contribution in [2.24, 2.45) is 22.7 Å². The maximum absolute atomic E-state index is 2.45. The largest absolute Gasteiger partial charge is 0.0683 e. The van der Waals surface area contributed by atoms with Crippen LogP contribution in [-0.2, 0) is 0 Å². The molecule has 2 aliphatic rings. The third-order valence-electron chi connectivity index (χ3n) is 5.43. The molecule has 0 heterocycles. The highest BCUT2D eigenvalue weighted by Gasteiger charge is 2.35. The highest BCUT2D eigenvalue weighted by atomic mass is 14.4. The zero-order valence-corrected chi connectivity index (χ0v) is 15.8. The second-order valence-electron chi connectivity index (χ2n) is 8.00. The van der Waals surface area contributed by atoms with Gasteiger partial charge in [0.1, 0.15) is 0 Å². The Hall–Kier alpha value is 0. The molecular weight excluding hydrogens is 240 g/mol. The molecule has 0 amide bonds. The first-order valence-corrected chi connectivity index (χ1v) is 9.38. The van der Waals surface area contributed by atoms with Crippen LogP contribution in [0.5, 0.6) is 0 Å². The van der Waals surface area contributed by atoms with Gasteiger partial charge in [0.25, 0.3) is 0 Å². The van der Waals surface area contributed by atoms with Crippen LogP contribution in [0.15, 0.2) is 0 Å². The van der Waals surface area contributed by atoms with Gasteiger partial charge in [-0.05, 0) is 74.0 Å². The molecule has 0 N–H and O–H groups in total. The lowest BCUT2D eigenvalue weighted by Crippen LogP contribution is -2.30. The summed E-state index contributed by atoms with van der Waals surface area (Å²) in [6.07, 6.45) is 11.9. The number of hydrogen-bond donors (Lipinski definition) is 0. The fraction of sp³-hybridized carbons (Fsp3) is 1.00. The van der Waals surface area contributed by atoms with Gasteiger partial charge in [0.15, 0.2) is 0 Å². The standard InChI is InChI=1S/C16H30.2C2H6/c1-15(2)9-5-13(6-10-15)14-7-11-16(3,4)12-8-14;2*1-2/h13-14H,5-12H2,1-4H3;2*1-2H3. The van der Waals surface area contributed by atoms with Crippen LogP contribution in [0.25, 0.3) is 0 Å². The first kappa shape index (κ1) is 20.0. The quantitative estimate of drug-likeness (QED) is 0.468. The number of rotatable bonds is 1. The third-order valence-corrected chi connectivity index (χ3v) is 5.43. The molecule has 20 heavy (non-hydrogen) atoms. The molecule has 0 aromatic heterocycles. The van der Waals surface area contributed by atoms with Gasteiger partial charge in [0, 0.05) is 0 Å². The minimum absolute atomic E-state index is 0.643. The van der Waals surface area contributed by atoms with Gasteiger partial charge in [-0.3, -0.25) is 0 Å². The Morgan fingerprint density at radius 3 is 0.900 bits per heavy atom. The molecular formula is C20H42. The van der Waals surface area contributed by atoms with Crippen LogP contribution in [0, 0.1) is 22.7 Å². The van der Waals surface area contributed by atoms with E-state index in [1.54, 1.807) is 0 Å². The van der Waals surface area contributed by atoms with Crippen LogP contribution < -0.4 is 0 Å². The van der Waals surface area contributed by atoms with E-state index in [1.165, 1.54) is 51.4 Å². The predicted octanol–water partition coefficient (Wildman–Crippen LogP) is 7.47. The Kier molecular flexibility index (Phi) is 9.11. The minimum Gasteiger partial charge on any atom is -0.0683 e.